The lowest BCUT2D eigenvalue weighted by molar-refractivity contribution is -0.130. The first kappa shape index (κ1) is 28.2. The molecule has 0 unspecified atom stereocenters. The molecule has 1 amide bonds. The van der Waals surface area contributed by atoms with Crippen molar-refractivity contribution in [3.63, 3.8) is 0 Å². The highest BCUT2D eigenvalue weighted by molar-refractivity contribution is 9.10. The molecule has 10 heteroatoms. The van der Waals surface area contributed by atoms with Crippen LogP contribution < -0.4 is 15.6 Å². The molecule has 0 saturated heterocycles. The Bertz CT molecular complexity index is 1260. The Labute approximate surface area is 237 Å². The summed E-state index contributed by atoms with van der Waals surface area (Å²) in [7, 11) is 0. The number of aliphatic hydroxyl groups excluding tert-OH is 1. The Kier molecular flexibility index (Phi) is 9.90. The summed E-state index contributed by atoms with van der Waals surface area (Å²) in [4.78, 5) is 18.8. The number of hydrogen-bond donors (Lipinski definition) is 3. The number of halogens is 3. The minimum Gasteiger partial charge on any atom is -0.494 e. The summed E-state index contributed by atoms with van der Waals surface area (Å²) in [5.41, 5.74) is 6.22. The molecule has 0 radical (unpaired) electrons. The number of aliphatic hydroxyl groups is 1. The third-order valence-electron chi connectivity index (χ3n) is 6.04. The van der Waals surface area contributed by atoms with Gasteiger partial charge >= 0.3 is 0 Å². The van der Waals surface area contributed by atoms with Crippen LogP contribution in [0.15, 0.2) is 86.7 Å². The molecule has 0 fully saturated rings. The zero-order valence-electron chi connectivity index (χ0n) is 20.5. The molecule has 1 aliphatic rings. The van der Waals surface area contributed by atoms with Crippen LogP contribution in [0.4, 0.5) is 4.39 Å². The van der Waals surface area contributed by atoms with E-state index in [0.29, 0.717) is 30.2 Å². The van der Waals surface area contributed by atoms with Gasteiger partial charge in [-0.1, -0.05) is 62.2 Å². The van der Waals surface area contributed by atoms with Crippen molar-refractivity contribution in [2.75, 3.05) is 26.4 Å². The van der Waals surface area contributed by atoms with Crippen molar-refractivity contribution in [2.45, 2.75) is 24.5 Å². The Hall–Kier alpha value is -2.79. The quantitative estimate of drug-likeness (QED) is 0.189. The van der Waals surface area contributed by atoms with Gasteiger partial charge in [0.25, 0.3) is 5.91 Å². The van der Waals surface area contributed by atoms with Gasteiger partial charge < -0.3 is 14.6 Å². The molecule has 0 aliphatic carbocycles. The zero-order valence-corrected chi connectivity index (χ0v) is 23.7. The summed E-state index contributed by atoms with van der Waals surface area (Å²) in [5, 5.41) is 8.98. The molecule has 2 atom stereocenters. The van der Waals surface area contributed by atoms with E-state index in [2.05, 4.69) is 42.7 Å². The van der Waals surface area contributed by atoms with Crippen LogP contribution in [-0.4, -0.2) is 48.9 Å². The van der Waals surface area contributed by atoms with E-state index in [1.165, 1.54) is 0 Å². The number of aliphatic imine (C=N–C) groups is 1. The predicted molar refractivity (Wildman–Crippen MR) is 151 cm³/mol. The molecule has 0 aromatic heterocycles. The van der Waals surface area contributed by atoms with Crippen LogP contribution in [0.5, 0.6) is 5.75 Å². The largest absolute Gasteiger partial charge is 0.494 e. The van der Waals surface area contributed by atoms with Crippen molar-refractivity contribution < 1.29 is 23.8 Å². The molecule has 3 N–H and O–H groups in total. The molecule has 1 heterocycles. The van der Waals surface area contributed by atoms with Gasteiger partial charge in [-0.3, -0.25) is 10.2 Å². The number of alkyl halides is 1. The fraction of sp³-hybridized carbons (Fsp3) is 0.286. The molecular weight excluding hydrogens is 621 g/mol. The number of ether oxygens (including phenoxy) is 2. The van der Waals surface area contributed by atoms with E-state index in [1.807, 2.05) is 60.7 Å². The minimum absolute atomic E-state index is 0.0328. The number of hydrogen-bond acceptors (Lipinski definition) is 6. The average Bonchev–Trinajstić information content (AvgIpc) is 3.31. The van der Waals surface area contributed by atoms with Crippen molar-refractivity contribution >= 4 is 43.7 Å². The second kappa shape index (κ2) is 13.3. The maximum Gasteiger partial charge on any atom is 0.266 e. The van der Waals surface area contributed by atoms with Gasteiger partial charge in [-0.2, -0.15) is 0 Å². The van der Waals surface area contributed by atoms with E-state index in [4.69, 9.17) is 19.6 Å². The second-order valence-electron chi connectivity index (χ2n) is 8.68. The lowest BCUT2D eigenvalue weighted by Gasteiger charge is -2.31. The van der Waals surface area contributed by atoms with Crippen molar-refractivity contribution in [2.24, 2.45) is 4.99 Å². The van der Waals surface area contributed by atoms with Crippen LogP contribution >= 0.6 is 31.9 Å². The highest BCUT2D eigenvalue weighted by Gasteiger charge is 2.53. The molecule has 3 aromatic carbocycles. The highest BCUT2D eigenvalue weighted by Crippen LogP contribution is 2.43. The maximum absolute atomic E-state index is 13.8. The summed E-state index contributed by atoms with van der Waals surface area (Å²) in [5.74, 6) is 0.527. The average molecular weight is 649 g/mol. The second-order valence-corrected chi connectivity index (χ2v) is 10.4. The van der Waals surface area contributed by atoms with Gasteiger partial charge in [0.15, 0.2) is 11.6 Å². The lowest BCUT2D eigenvalue weighted by Crippen LogP contribution is -2.54. The third kappa shape index (κ3) is 6.61. The van der Waals surface area contributed by atoms with Crippen LogP contribution in [0.25, 0.3) is 0 Å². The SMILES string of the molecule is O=C(NNCCF)[C@@]1(Cc2ccccc2Br)N=C(c2ccc(OCCCO)cc2)O[C@H]1c1ccc(Br)cc1. The number of benzene rings is 3. The van der Waals surface area contributed by atoms with E-state index in [1.54, 1.807) is 12.1 Å². The first-order chi connectivity index (χ1) is 18.5. The number of nitrogens with one attached hydrogen (secondary N) is 2. The number of nitrogens with zero attached hydrogens (tertiary/aromatic N) is 1. The molecule has 0 spiro atoms. The summed E-state index contributed by atoms with van der Waals surface area (Å²) in [6, 6.07) is 22.4. The Morgan fingerprint density at radius 1 is 1.08 bits per heavy atom. The summed E-state index contributed by atoms with van der Waals surface area (Å²) in [6.45, 7) is -0.206. The van der Waals surface area contributed by atoms with Crippen LogP contribution in [0.1, 0.15) is 29.2 Å². The molecule has 4 rings (SSSR count). The number of carbonyl (C=O) groups is 1. The monoisotopic (exact) mass is 647 g/mol. The smallest absolute Gasteiger partial charge is 0.266 e. The van der Waals surface area contributed by atoms with Crippen molar-refractivity contribution in [1.29, 1.82) is 0 Å². The van der Waals surface area contributed by atoms with E-state index in [-0.39, 0.29) is 19.6 Å². The number of rotatable bonds is 12. The van der Waals surface area contributed by atoms with Gasteiger partial charge in [-0.05, 0) is 53.6 Å². The van der Waals surface area contributed by atoms with E-state index < -0.39 is 24.2 Å². The van der Waals surface area contributed by atoms with Gasteiger partial charge in [0.05, 0.1) is 6.61 Å². The van der Waals surface area contributed by atoms with Crippen LogP contribution in [0, 0.1) is 0 Å². The van der Waals surface area contributed by atoms with Crippen molar-refractivity contribution in [1.82, 2.24) is 10.9 Å². The molecular formula is C28H28Br2FN3O4. The maximum atomic E-state index is 13.8. The number of carbonyl (C=O) groups excluding carboxylic acids is 1. The lowest BCUT2D eigenvalue weighted by atomic mass is 9.82. The molecule has 0 bridgehead atoms. The van der Waals surface area contributed by atoms with E-state index in [9.17, 15) is 9.18 Å². The first-order valence-corrected chi connectivity index (χ1v) is 13.7. The van der Waals surface area contributed by atoms with Crippen LogP contribution in [0.3, 0.4) is 0 Å². The molecule has 1 aliphatic heterocycles. The Morgan fingerprint density at radius 3 is 2.50 bits per heavy atom. The van der Waals surface area contributed by atoms with E-state index >= 15 is 0 Å². The Balaban J connectivity index is 1.76. The minimum atomic E-state index is -1.40. The zero-order chi connectivity index (χ0) is 27.0. The van der Waals surface area contributed by atoms with Gasteiger partial charge in [-0.25, -0.2) is 14.8 Å². The number of hydrazine groups is 1. The van der Waals surface area contributed by atoms with Gasteiger partial charge in [0.1, 0.15) is 12.4 Å². The number of amides is 1. The van der Waals surface area contributed by atoms with Gasteiger partial charge in [-0.15, -0.1) is 0 Å². The fourth-order valence-corrected chi connectivity index (χ4v) is 4.84. The molecule has 38 heavy (non-hydrogen) atoms. The Morgan fingerprint density at radius 2 is 1.82 bits per heavy atom. The molecule has 0 saturated carbocycles. The molecule has 200 valence electrons. The summed E-state index contributed by atoms with van der Waals surface area (Å²) < 4.78 is 26.6. The van der Waals surface area contributed by atoms with Gasteiger partial charge in [0, 0.05) is 40.5 Å². The van der Waals surface area contributed by atoms with E-state index in [0.717, 1.165) is 20.1 Å². The van der Waals surface area contributed by atoms with Gasteiger partial charge in [0.2, 0.25) is 5.90 Å². The summed E-state index contributed by atoms with van der Waals surface area (Å²) in [6.07, 6.45) is 0.00467. The van der Waals surface area contributed by atoms with Crippen molar-refractivity contribution in [3.8, 4) is 5.75 Å². The third-order valence-corrected chi connectivity index (χ3v) is 7.34. The van der Waals surface area contributed by atoms with Crippen LogP contribution in [0.2, 0.25) is 0 Å². The normalized spacial score (nSPS) is 18.5. The first-order valence-electron chi connectivity index (χ1n) is 12.2. The summed E-state index contributed by atoms with van der Waals surface area (Å²) >= 11 is 7.07. The highest BCUT2D eigenvalue weighted by atomic mass is 79.9. The fourth-order valence-electron chi connectivity index (χ4n) is 4.15. The van der Waals surface area contributed by atoms with Crippen LogP contribution in [-0.2, 0) is 16.0 Å². The topological polar surface area (TPSA) is 92.2 Å². The molecule has 3 aromatic rings. The predicted octanol–water partition coefficient (Wildman–Crippen LogP) is 5.06. The standard InChI is InChI=1S/C28H28Br2FN3O4/c29-22-10-6-19(7-11-22)25-28(27(36)34-32-15-14-31,18-21-4-1-2-5-24(21)30)33-26(38-25)20-8-12-23(13-9-20)37-17-3-16-35/h1-2,4-13,25,32,35H,3,14-18H2,(H,34,36)/t25-,28-/m0/s1. The molecule has 7 nitrogen and oxygen atoms in total. The van der Waals surface area contributed by atoms with Crippen molar-refractivity contribution in [3.05, 3.63) is 98.4 Å².